The van der Waals surface area contributed by atoms with Gasteiger partial charge in [0, 0.05) is 62.6 Å². The van der Waals surface area contributed by atoms with Crippen molar-refractivity contribution in [2.24, 2.45) is 0 Å². The van der Waals surface area contributed by atoms with Gasteiger partial charge in [0.25, 0.3) is 0 Å². The van der Waals surface area contributed by atoms with Gasteiger partial charge in [0.05, 0.1) is 17.3 Å². The summed E-state index contributed by atoms with van der Waals surface area (Å²) in [7, 11) is 0. The number of aromatic amines is 1. The van der Waals surface area contributed by atoms with Crippen molar-refractivity contribution in [1.29, 1.82) is 0 Å². The second-order valence-electron chi connectivity index (χ2n) is 8.82. The Labute approximate surface area is 211 Å². The maximum Gasteiger partial charge on any atom is 0.317 e. The molecular formula is C23H27ClFN9O2. The van der Waals surface area contributed by atoms with Crippen molar-refractivity contribution < 1.29 is 14.0 Å². The molecule has 0 saturated carbocycles. The second kappa shape index (κ2) is 10.5. The molecular weight excluding hydrogens is 489 g/mol. The topological polar surface area (TPSA) is 131 Å². The fourth-order valence-corrected chi connectivity index (χ4v) is 4.76. The Kier molecular flexibility index (Phi) is 7.03. The van der Waals surface area contributed by atoms with E-state index in [0.29, 0.717) is 61.3 Å². The minimum Gasteiger partial charge on any atom is -0.365 e. The molecule has 2 saturated heterocycles. The SMILES string of the molecule is O=C1NCCN1CCNC(=O)N1CCCC[C@@H]1CNc1nc(-c2c[nH]c3ncc(Cl)cc23)ncc1F. The van der Waals surface area contributed by atoms with Crippen LogP contribution in [0.4, 0.5) is 19.8 Å². The summed E-state index contributed by atoms with van der Waals surface area (Å²) >= 11 is 6.09. The molecule has 36 heavy (non-hydrogen) atoms. The number of H-pyrrole nitrogens is 1. The number of halogens is 2. The molecule has 3 aromatic rings. The van der Waals surface area contributed by atoms with E-state index in [1.807, 2.05) is 0 Å². The number of piperidine rings is 1. The van der Waals surface area contributed by atoms with Gasteiger partial charge in [-0.25, -0.2) is 28.9 Å². The summed E-state index contributed by atoms with van der Waals surface area (Å²) in [6.07, 6.45) is 7.05. The van der Waals surface area contributed by atoms with E-state index in [1.54, 1.807) is 22.1 Å². The molecule has 0 aromatic carbocycles. The minimum absolute atomic E-state index is 0.0651. The van der Waals surface area contributed by atoms with Crippen LogP contribution < -0.4 is 16.0 Å². The summed E-state index contributed by atoms with van der Waals surface area (Å²) < 4.78 is 14.6. The molecule has 190 valence electrons. The van der Waals surface area contributed by atoms with E-state index in [4.69, 9.17) is 11.6 Å². The van der Waals surface area contributed by atoms with Gasteiger partial charge in [0.15, 0.2) is 17.5 Å². The highest BCUT2D eigenvalue weighted by Crippen LogP contribution is 2.28. The number of aromatic nitrogens is 4. The maximum absolute atomic E-state index is 14.6. The standard InChI is InChI=1S/C23H27ClFN9O2/c24-14-9-16-17(12-30-19(16)28-10-14)20-31-13-18(25)21(32-20)29-11-15-3-1-2-6-34(15)23(36)27-5-8-33-7-4-26-22(33)35/h9-10,12-13,15H,1-8,11H2,(H,26,35)(H,27,36)(H,28,30)(H,29,31,32)/t15-/m1/s1. The smallest absolute Gasteiger partial charge is 0.317 e. The lowest BCUT2D eigenvalue weighted by atomic mass is 10.0. The molecule has 2 aliphatic rings. The molecule has 1 atom stereocenters. The first-order chi connectivity index (χ1) is 17.5. The molecule has 0 radical (unpaired) electrons. The third-order valence-corrected chi connectivity index (χ3v) is 6.69. The van der Waals surface area contributed by atoms with Crippen LogP contribution in [0, 0.1) is 5.82 Å². The average molecular weight is 516 g/mol. The van der Waals surface area contributed by atoms with E-state index in [9.17, 15) is 14.0 Å². The van der Waals surface area contributed by atoms with Gasteiger partial charge in [-0.1, -0.05) is 11.6 Å². The van der Waals surface area contributed by atoms with Gasteiger partial charge in [-0.15, -0.1) is 0 Å². The van der Waals surface area contributed by atoms with Crippen LogP contribution in [0.2, 0.25) is 5.02 Å². The lowest BCUT2D eigenvalue weighted by molar-refractivity contribution is 0.154. The highest BCUT2D eigenvalue weighted by Gasteiger charge is 2.27. The van der Waals surface area contributed by atoms with Crippen LogP contribution >= 0.6 is 11.6 Å². The molecule has 5 rings (SSSR count). The summed E-state index contributed by atoms with van der Waals surface area (Å²) in [5.41, 5.74) is 1.29. The predicted molar refractivity (Wildman–Crippen MR) is 133 cm³/mol. The zero-order valence-corrected chi connectivity index (χ0v) is 20.3. The number of rotatable bonds is 7. The van der Waals surface area contributed by atoms with E-state index in [1.165, 1.54) is 6.20 Å². The minimum atomic E-state index is -0.578. The molecule has 2 aliphatic heterocycles. The van der Waals surface area contributed by atoms with Gasteiger partial charge in [-0.3, -0.25) is 0 Å². The third-order valence-electron chi connectivity index (χ3n) is 6.48. The lowest BCUT2D eigenvalue weighted by Crippen LogP contribution is -2.52. The van der Waals surface area contributed by atoms with Crippen LogP contribution in [-0.4, -0.2) is 87.1 Å². The number of carbonyl (C=O) groups is 2. The number of carbonyl (C=O) groups excluding carboxylic acids is 2. The molecule has 3 aromatic heterocycles. The van der Waals surface area contributed by atoms with Crippen molar-refractivity contribution in [2.45, 2.75) is 25.3 Å². The monoisotopic (exact) mass is 515 g/mol. The van der Waals surface area contributed by atoms with E-state index in [-0.39, 0.29) is 23.9 Å². The van der Waals surface area contributed by atoms with Crippen molar-refractivity contribution in [1.82, 2.24) is 40.4 Å². The number of amides is 4. The highest BCUT2D eigenvalue weighted by molar-refractivity contribution is 6.31. The molecule has 4 N–H and O–H groups in total. The number of urea groups is 2. The lowest BCUT2D eigenvalue weighted by Gasteiger charge is -2.36. The van der Waals surface area contributed by atoms with Gasteiger partial charge >= 0.3 is 12.1 Å². The summed E-state index contributed by atoms with van der Waals surface area (Å²) in [5, 5.41) is 9.94. The molecule has 13 heteroatoms. The molecule has 0 spiro atoms. The Morgan fingerprint density at radius 3 is 2.97 bits per heavy atom. The van der Waals surface area contributed by atoms with E-state index in [0.717, 1.165) is 30.8 Å². The number of nitrogens with zero attached hydrogens (tertiary/aromatic N) is 5. The van der Waals surface area contributed by atoms with Crippen LogP contribution in [0.15, 0.2) is 24.7 Å². The van der Waals surface area contributed by atoms with Crippen LogP contribution in [0.1, 0.15) is 19.3 Å². The quantitative estimate of drug-likeness (QED) is 0.382. The number of hydrogen-bond donors (Lipinski definition) is 4. The Hall–Kier alpha value is -3.67. The number of likely N-dealkylation sites (tertiary alicyclic amines) is 1. The average Bonchev–Trinajstić information content (AvgIpc) is 3.49. The molecule has 11 nitrogen and oxygen atoms in total. The van der Waals surface area contributed by atoms with Crippen molar-refractivity contribution in [3.8, 4) is 11.4 Å². The Morgan fingerprint density at radius 1 is 1.25 bits per heavy atom. The Bertz CT molecular complexity index is 1270. The molecule has 2 fully saturated rings. The Balaban J connectivity index is 1.23. The van der Waals surface area contributed by atoms with Crippen LogP contribution in [-0.2, 0) is 0 Å². The number of anilines is 1. The van der Waals surface area contributed by atoms with Crippen molar-refractivity contribution in [2.75, 3.05) is 44.6 Å². The molecule has 0 unspecified atom stereocenters. The van der Waals surface area contributed by atoms with Crippen LogP contribution in [0.5, 0.6) is 0 Å². The Morgan fingerprint density at radius 2 is 2.14 bits per heavy atom. The van der Waals surface area contributed by atoms with Crippen molar-refractivity contribution in [3.05, 3.63) is 35.5 Å². The van der Waals surface area contributed by atoms with Crippen molar-refractivity contribution in [3.63, 3.8) is 0 Å². The maximum atomic E-state index is 14.6. The largest absolute Gasteiger partial charge is 0.365 e. The first-order valence-electron chi connectivity index (χ1n) is 12.0. The van der Waals surface area contributed by atoms with Gasteiger partial charge in [-0.05, 0) is 25.3 Å². The normalized spacial score (nSPS) is 17.9. The fourth-order valence-electron chi connectivity index (χ4n) is 4.60. The molecule has 5 heterocycles. The number of fused-ring (bicyclic) bond motifs is 1. The molecule has 4 amide bonds. The first kappa shape index (κ1) is 24.0. The summed E-state index contributed by atoms with van der Waals surface area (Å²) in [4.78, 5) is 43.8. The van der Waals surface area contributed by atoms with Crippen molar-refractivity contribution >= 4 is 40.5 Å². The zero-order chi connectivity index (χ0) is 25.1. The van der Waals surface area contributed by atoms with E-state index in [2.05, 4.69) is 35.9 Å². The van der Waals surface area contributed by atoms with Gasteiger partial charge in [-0.2, -0.15) is 0 Å². The van der Waals surface area contributed by atoms with Gasteiger partial charge < -0.3 is 30.7 Å². The number of nitrogens with one attached hydrogen (secondary N) is 4. The third kappa shape index (κ3) is 5.13. The van der Waals surface area contributed by atoms with E-state index < -0.39 is 5.82 Å². The summed E-state index contributed by atoms with van der Waals surface area (Å²) in [6.45, 7) is 3.05. The number of hydrogen-bond acceptors (Lipinski definition) is 6. The fraction of sp³-hybridized carbons (Fsp3) is 0.435. The highest BCUT2D eigenvalue weighted by atomic mass is 35.5. The second-order valence-corrected chi connectivity index (χ2v) is 9.25. The van der Waals surface area contributed by atoms with Gasteiger partial charge in [0.1, 0.15) is 5.65 Å². The summed E-state index contributed by atoms with van der Waals surface area (Å²) in [5.74, 6) is -0.181. The predicted octanol–water partition coefficient (Wildman–Crippen LogP) is 2.81. The first-order valence-corrected chi connectivity index (χ1v) is 12.3. The molecule has 0 aliphatic carbocycles. The van der Waals surface area contributed by atoms with Crippen LogP contribution in [0.25, 0.3) is 22.4 Å². The van der Waals surface area contributed by atoms with Crippen LogP contribution in [0.3, 0.4) is 0 Å². The summed E-state index contributed by atoms with van der Waals surface area (Å²) in [6, 6.07) is 1.34. The zero-order valence-electron chi connectivity index (χ0n) is 19.6. The van der Waals surface area contributed by atoms with E-state index >= 15 is 0 Å². The number of pyridine rings is 1. The molecule has 0 bridgehead atoms. The van der Waals surface area contributed by atoms with Gasteiger partial charge in [0.2, 0.25) is 0 Å².